The van der Waals surface area contributed by atoms with Gasteiger partial charge in [0, 0.05) is 18.7 Å². The van der Waals surface area contributed by atoms with E-state index in [1.165, 1.54) is 6.33 Å². The molecule has 1 aliphatic heterocycles. The molecule has 0 bridgehead atoms. The molecule has 0 amide bonds. The number of hydrogen-bond acceptors (Lipinski definition) is 6. The van der Waals surface area contributed by atoms with Crippen molar-refractivity contribution in [3.05, 3.63) is 35.6 Å². The zero-order chi connectivity index (χ0) is 17.2. The molecule has 128 valence electrons. The Morgan fingerprint density at radius 3 is 3.00 bits per heavy atom. The predicted octanol–water partition coefficient (Wildman–Crippen LogP) is 2.45. The smallest absolute Gasteiger partial charge is 0.251 e. The van der Waals surface area contributed by atoms with Crippen LogP contribution in [0.5, 0.6) is 11.6 Å². The summed E-state index contributed by atoms with van der Waals surface area (Å²) in [4.78, 5) is 8.43. The van der Waals surface area contributed by atoms with Crippen LogP contribution in [0.1, 0.15) is 12.8 Å². The third-order valence-electron chi connectivity index (χ3n) is 4.31. The van der Waals surface area contributed by atoms with Gasteiger partial charge in [-0.15, -0.1) is 5.10 Å². The minimum Gasteiger partial charge on any atom is -0.436 e. The average molecular weight is 357 g/mol. The van der Waals surface area contributed by atoms with Gasteiger partial charge in [-0.3, -0.25) is 0 Å². The van der Waals surface area contributed by atoms with Crippen LogP contribution in [0, 0.1) is 18.1 Å². The molecule has 0 atom stereocenters. The number of rotatable bonds is 4. The van der Waals surface area contributed by atoms with Crippen LogP contribution in [0.2, 0.25) is 5.02 Å². The maximum Gasteiger partial charge on any atom is 0.251 e. The number of aromatic nitrogens is 4. The summed E-state index contributed by atoms with van der Waals surface area (Å²) in [6.45, 7) is 2.83. The first-order valence-corrected chi connectivity index (χ1v) is 8.53. The fraction of sp³-hybridized carbons (Fsp3) is 0.353. The minimum absolute atomic E-state index is 0.342. The Hall–Kier alpha value is -2.56. The lowest BCUT2D eigenvalue weighted by Gasteiger charge is -2.22. The maximum absolute atomic E-state index is 6.05. The average Bonchev–Trinajstić information content (AvgIpc) is 2.95. The number of ether oxygens (including phenoxy) is 1. The largest absolute Gasteiger partial charge is 0.436 e. The number of piperidine rings is 1. The zero-order valence-corrected chi connectivity index (χ0v) is 14.3. The third kappa shape index (κ3) is 3.31. The Balaban J connectivity index is 1.70. The van der Waals surface area contributed by atoms with E-state index in [0.717, 1.165) is 32.5 Å². The zero-order valence-electron chi connectivity index (χ0n) is 13.5. The van der Waals surface area contributed by atoms with E-state index in [9.17, 15) is 0 Å². The number of fused-ring (bicyclic) bond motifs is 1. The summed E-state index contributed by atoms with van der Waals surface area (Å²) in [5.41, 5.74) is 6.73. The molecule has 1 aromatic carbocycles. The number of nitrogens with two attached hydrogens (primary N) is 1. The van der Waals surface area contributed by atoms with Gasteiger partial charge in [0.1, 0.15) is 23.3 Å². The molecular formula is C17H17ClN6O. The summed E-state index contributed by atoms with van der Waals surface area (Å²) in [6, 6.07) is 8.83. The van der Waals surface area contributed by atoms with Crippen molar-refractivity contribution in [2.45, 2.75) is 19.4 Å². The molecule has 0 aliphatic carbocycles. The Labute approximate surface area is 150 Å². The molecule has 8 heteroatoms. The maximum atomic E-state index is 6.05. The first kappa shape index (κ1) is 15.9. The molecule has 0 spiro atoms. The second kappa shape index (κ2) is 6.75. The van der Waals surface area contributed by atoms with Crippen LogP contribution < -0.4 is 15.8 Å². The van der Waals surface area contributed by atoms with Gasteiger partial charge in [-0.2, -0.15) is 0 Å². The first-order chi connectivity index (χ1) is 12.2. The van der Waals surface area contributed by atoms with Gasteiger partial charge >= 0.3 is 0 Å². The number of nitrogens with zero attached hydrogens (tertiary/aromatic N) is 4. The fourth-order valence-electron chi connectivity index (χ4n) is 3.05. The lowest BCUT2D eigenvalue weighted by molar-refractivity contribution is 0.320. The quantitative estimate of drug-likeness (QED) is 0.746. The number of halogens is 1. The number of nitrogens with one attached hydrogen (secondary N) is 1. The van der Waals surface area contributed by atoms with Gasteiger partial charge in [0.2, 0.25) is 0 Å². The topological polar surface area (TPSA) is 90.9 Å². The van der Waals surface area contributed by atoms with E-state index >= 15 is 0 Å². The van der Waals surface area contributed by atoms with Gasteiger partial charge in [-0.1, -0.05) is 17.7 Å². The Bertz CT molecular complexity index is 890. The second-order valence-electron chi connectivity index (χ2n) is 6.05. The molecule has 3 heterocycles. The van der Waals surface area contributed by atoms with E-state index in [-0.39, 0.29) is 0 Å². The van der Waals surface area contributed by atoms with Crippen molar-refractivity contribution in [2.24, 2.45) is 5.92 Å². The van der Waals surface area contributed by atoms with Crippen molar-refractivity contribution in [3.8, 4) is 11.6 Å². The molecule has 1 fully saturated rings. The van der Waals surface area contributed by atoms with Crippen molar-refractivity contribution in [1.29, 1.82) is 0 Å². The molecule has 4 rings (SSSR count). The van der Waals surface area contributed by atoms with E-state index < -0.39 is 0 Å². The Morgan fingerprint density at radius 1 is 1.36 bits per heavy atom. The molecule has 3 aromatic rings. The number of hydrogen-bond donors (Lipinski definition) is 2. The highest BCUT2D eigenvalue weighted by Crippen LogP contribution is 2.32. The predicted molar refractivity (Wildman–Crippen MR) is 94.5 cm³/mol. The summed E-state index contributed by atoms with van der Waals surface area (Å²) < 4.78 is 7.74. The molecule has 1 aliphatic rings. The van der Waals surface area contributed by atoms with Crippen LogP contribution >= 0.6 is 11.6 Å². The van der Waals surface area contributed by atoms with Crippen molar-refractivity contribution in [1.82, 2.24) is 25.1 Å². The van der Waals surface area contributed by atoms with E-state index in [4.69, 9.17) is 22.1 Å². The van der Waals surface area contributed by atoms with Crippen LogP contribution in [0.3, 0.4) is 0 Å². The fourth-order valence-corrected chi connectivity index (χ4v) is 3.22. The number of nitrogen functional groups attached to an aromatic ring is 1. The van der Waals surface area contributed by atoms with E-state index in [1.807, 2.05) is 4.68 Å². The van der Waals surface area contributed by atoms with Crippen LogP contribution in [-0.4, -0.2) is 32.8 Å². The highest BCUT2D eigenvalue weighted by molar-refractivity contribution is 6.30. The minimum atomic E-state index is 0.342. The van der Waals surface area contributed by atoms with Gasteiger partial charge in [0.05, 0.1) is 5.02 Å². The summed E-state index contributed by atoms with van der Waals surface area (Å²) in [7, 11) is 0. The summed E-state index contributed by atoms with van der Waals surface area (Å²) >= 11 is 5.95. The summed E-state index contributed by atoms with van der Waals surface area (Å²) in [6.07, 6.45) is 3.67. The van der Waals surface area contributed by atoms with Gasteiger partial charge in [-0.25, -0.2) is 14.6 Å². The Kier molecular flexibility index (Phi) is 4.30. The number of anilines is 1. The molecular weight excluding hydrogens is 340 g/mol. The third-order valence-corrected chi connectivity index (χ3v) is 4.51. The highest BCUT2D eigenvalue weighted by Gasteiger charge is 2.21. The van der Waals surface area contributed by atoms with Crippen LogP contribution in [0.4, 0.5) is 5.82 Å². The van der Waals surface area contributed by atoms with Crippen LogP contribution in [0.25, 0.3) is 11.0 Å². The monoisotopic (exact) mass is 356 g/mol. The van der Waals surface area contributed by atoms with Gasteiger partial charge in [0.15, 0.2) is 5.65 Å². The van der Waals surface area contributed by atoms with Crippen molar-refractivity contribution < 1.29 is 4.74 Å². The molecule has 0 unspecified atom stereocenters. The molecule has 2 aromatic heterocycles. The lowest BCUT2D eigenvalue weighted by Crippen LogP contribution is -2.30. The molecule has 1 saturated heterocycles. The first-order valence-electron chi connectivity index (χ1n) is 8.15. The molecule has 25 heavy (non-hydrogen) atoms. The Morgan fingerprint density at radius 2 is 2.20 bits per heavy atom. The van der Waals surface area contributed by atoms with Crippen LogP contribution in [0.15, 0.2) is 18.5 Å². The summed E-state index contributed by atoms with van der Waals surface area (Å²) in [5.74, 6) is 1.77. The van der Waals surface area contributed by atoms with Crippen LogP contribution in [-0.2, 0) is 6.54 Å². The lowest BCUT2D eigenvalue weighted by atomic mass is 9.98. The SMILES string of the molecule is Nc1ncnc2c1c(Oc1cc#cc(Cl)c1)nn2CC1CCNCC1. The highest BCUT2D eigenvalue weighted by atomic mass is 35.5. The second-order valence-corrected chi connectivity index (χ2v) is 6.46. The van der Waals surface area contributed by atoms with Gasteiger partial charge in [0.25, 0.3) is 5.88 Å². The summed E-state index contributed by atoms with van der Waals surface area (Å²) in [5, 5.41) is 8.99. The molecule has 0 saturated carbocycles. The van der Waals surface area contributed by atoms with Gasteiger partial charge in [-0.05, 0) is 37.9 Å². The van der Waals surface area contributed by atoms with E-state index in [2.05, 4.69) is 32.5 Å². The van der Waals surface area contributed by atoms with Crippen molar-refractivity contribution in [3.63, 3.8) is 0 Å². The molecule has 7 nitrogen and oxygen atoms in total. The van der Waals surface area contributed by atoms with Crippen molar-refractivity contribution >= 4 is 28.5 Å². The van der Waals surface area contributed by atoms with Gasteiger partial charge < -0.3 is 15.8 Å². The normalized spacial score (nSPS) is 15.2. The van der Waals surface area contributed by atoms with E-state index in [0.29, 0.717) is 39.4 Å². The standard InChI is InChI=1S/C17H17ClN6O/c18-12-2-1-3-13(8-12)25-17-14-15(19)21-10-22-16(14)24(23-17)9-11-4-6-20-7-5-11/h3,8,10-11,20H,4-7,9H2,(H2,19,21,22). The molecule has 0 radical (unpaired) electrons. The van der Waals surface area contributed by atoms with E-state index in [1.54, 1.807) is 12.1 Å². The van der Waals surface area contributed by atoms with Crippen molar-refractivity contribution in [2.75, 3.05) is 18.8 Å². The molecule has 3 N–H and O–H groups in total.